The zero-order valence-electron chi connectivity index (χ0n) is 17.1. The summed E-state index contributed by atoms with van der Waals surface area (Å²) in [6.45, 7) is 12.7. The van der Waals surface area contributed by atoms with Crippen LogP contribution in [0.3, 0.4) is 0 Å². The molecule has 0 heterocycles. The first-order chi connectivity index (χ1) is 12.5. The number of thiol groups is 1. The molecule has 146 valence electrons. The molecule has 0 atom stereocenters. The van der Waals surface area contributed by atoms with Gasteiger partial charge in [-0.25, -0.2) is 4.79 Å². The molecular weight excluding hydrogens is 356 g/mol. The van der Waals surface area contributed by atoms with Gasteiger partial charge in [-0.2, -0.15) is 12.6 Å². The second kappa shape index (κ2) is 7.97. The fourth-order valence-electron chi connectivity index (χ4n) is 3.06. The third kappa shape index (κ3) is 4.86. The summed E-state index contributed by atoms with van der Waals surface area (Å²) < 4.78 is 5.29. The van der Waals surface area contributed by atoms with Crippen molar-refractivity contribution in [1.82, 2.24) is 0 Å². The first-order valence-electron chi connectivity index (χ1n) is 9.22. The molecule has 27 heavy (non-hydrogen) atoms. The number of phenolic OH excluding ortho intramolecular Hbond substituents is 1. The molecule has 0 bridgehead atoms. The lowest BCUT2D eigenvalue weighted by Crippen LogP contribution is -2.17. The Morgan fingerprint density at radius 1 is 1.00 bits per heavy atom. The number of ether oxygens (including phenoxy) is 1. The molecule has 1 N–H and O–H groups in total. The zero-order chi connectivity index (χ0) is 20.4. The van der Waals surface area contributed by atoms with Gasteiger partial charge in [0.25, 0.3) is 0 Å². The summed E-state index contributed by atoms with van der Waals surface area (Å²) in [5.41, 5.74) is 3.48. The van der Waals surface area contributed by atoms with Gasteiger partial charge in [0, 0.05) is 16.9 Å². The van der Waals surface area contributed by atoms with Crippen molar-refractivity contribution in [2.24, 2.45) is 0 Å². The summed E-state index contributed by atoms with van der Waals surface area (Å²) in [6, 6.07) is 11.4. The molecule has 2 aromatic carbocycles. The van der Waals surface area contributed by atoms with Crippen molar-refractivity contribution in [2.45, 2.75) is 52.4 Å². The lowest BCUT2D eigenvalue weighted by atomic mass is 9.77. The highest BCUT2D eigenvalue weighted by Crippen LogP contribution is 2.42. The van der Waals surface area contributed by atoms with Gasteiger partial charge in [0.15, 0.2) is 0 Å². The molecule has 2 aromatic rings. The van der Waals surface area contributed by atoms with Crippen molar-refractivity contribution in [3.63, 3.8) is 0 Å². The third-order valence-corrected chi connectivity index (χ3v) is 4.69. The first-order valence-corrected chi connectivity index (χ1v) is 9.85. The van der Waals surface area contributed by atoms with Crippen LogP contribution in [0.25, 0.3) is 11.1 Å². The summed E-state index contributed by atoms with van der Waals surface area (Å²) >= 11 is 4.10. The molecule has 0 aliphatic rings. The molecule has 4 heteroatoms. The van der Waals surface area contributed by atoms with E-state index in [0.717, 1.165) is 22.3 Å². The maximum atomic E-state index is 12.5. The van der Waals surface area contributed by atoms with Crippen LogP contribution in [0.5, 0.6) is 5.75 Å². The van der Waals surface area contributed by atoms with E-state index in [9.17, 15) is 9.90 Å². The van der Waals surface area contributed by atoms with E-state index >= 15 is 0 Å². The first kappa shape index (κ1) is 21.4. The number of aromatic hydroxyl groups is 1. The number of phenols is 1. The summed E-state index contributed by atoms with van der Waals surface area (Å²) in [6.07, 6.45) is 0. The number of hydrogen-bond acceptors (Lipinski definition) is 4. The molecule has 0 saturated heterocycles. The fourth-order valence-corrected chi connectivity index (χ4v) is 3.15. The molecular formula is C23H30O3S. The van der Waals surface area contributed by atoms with Crippen LogP contribution < -0.4 is 0 Å². The van der Waals surface area contributed by atoms with Crippen molar-refractivity contribution >= 4 is 18.6 Å². The number of benzene rings is 2. The van der Waals surface area contributed by atoms with Crippen LogP contribution in [-0.2, 0) is 15.6 Å². The summed E-state index contributed by atoms with van der Waals surface area (Å²) in [5.74, 6) is 0.450. The highest BCUT2D eigenvalue weighted by molar-refractivity contribution is 7.80. The normalized spacial score (nSPS) is 12.1. The Morgan fingerprint density at radius 2 is 1.52 bits per heavy atom. The molecule has 0 radical (unpaired) electrons. The van der Waals surface area contributed by atoms with Gasteiger partial charge in [-0.05, 0) is 40.2 Å². The van der Waals surface area contributed by atoms with Crippen LogP contribution in [0.15, 0.2) is 36.4 Å². The van der Waals surface area contributed by atoms with Crippen LogP contribution in [-0.4, -0.2) is 23.4 Å². The number of esters is 1. The van der Waals surface area contributed by atoms with Gasteiger partial charge in [-0.15, -0.1) is 0 Å². The van der Waals surface area contributed by atoms with Crippen LogP contribution in [0.1, 0.15) is 63.0 Å². The van der Waals surface area contributed by atoms with E-state index in [1.54, 1.807) is 6.07 Å². The molecule has 3 nitrogen and oxygen atoms in total. The average molecular weight is 387 g/mol. The molecule has 0 spiro atoms. The maximum Gasteiger partial charge on any atom is 0.338 e. The predicted octanol–water partition coefficient (Wildman–Crippen LogP) is 5.74. The van der Waals surface area contributed by atoms with Crippen molar-refractivity contribution in [1.29, 1.82) is 0 Å². The molecule has 0 amide bonds. The lowest BCUT2D eigenvalue weighted by molar-refractivity contribution is 0.0531. The zero-order valence-corrected chi connectivity index (χ0v) is 18.0. The van der Waals surface area contributed by atoms with Gasteiger partial charge in [0.2, 0.25) is 0 Å². The van der Waals surface area contributed by atoms with Gasteiger partial charge in [-0.1, -0.05) is 59.7 Å². The third-order valence-electron chi connectivity index (χ3n) is 4.51. The molecule has 0 saturated carbocycles. The Kier molecular flexibility index (Phi) is 6.31. The van der Waals surface area contributed by atoms with Crippen molar-refractivity contribution in [3.05, 3.63) is 53.1 Å². The summed E-state index contributed by atoms with van der Waals surface area (Å²) in [4.78, 5) is 12.5. The minimum Gasteiger partial charge on any atom is -0.507 e. The predicted molar refractivity (Wildman–Crippen MR) is 115 cm³/mol. The van der Waals surface area contributed by atoms with E-state index in [4.69, 9.17) is 4.74 Å². The number of rotatable bonds is 4. The van der Waals surface area contributed by atoms with Crippen LogP contribution >= 0.6 is 12.6 Å². The number of hydrogen-bond donors (Lipinski definition) is 2. The molecule has 0 fully saturated rings. The summed E-state index contributed by atoms with van der Waals surface area (Å²) in [7, 11) is 0. The van der Waals surface area contributed by atoms with E-state index in [1.165, 1.54) is 0 Å². The van der Waals surface area contributed by atoms with E-state index in [1.807, 2.05) is 30.3 Å². The standard InChI is InChI=1S/C23H30O3S/c1-22(2,3)18-13-15(14-19(20(18)24)23(4,5)6)16-9-7-8-10-17(16)21(25)26-11-12-27/h7-10,13-14,24,27H,11-12H2,1-6H3. The molecule has 0 aliphatic heterocycles. The Bertz CT molecular complexity index is 791. The van der Waals surface area contributed by atoms with Gasteiger partial charge in [0.1, 0.15) is 12.4 Å². The van der Waals surface area contributed by atoms with Gasteiger partial charge < -0.3 is 9.84 Å². The Balaban J connectivity index is 2.72. The van der Waals surface area contributed by atoms with Crippen molar-refractivity contribution in [2.75, 3.05) is 12.4 Å². The number of carbonyl (C=O) groups is 1. The van der Waals surface area contributed by atoms with Crippen LogP contribution in [0, 0.1) is 0 Å². The molecule has 2 rings (SSSR count). The minimum atomic E-state index is -0.359. The van der Waals surface area contributed by atoms with E-state index < -0.39 is 0 Å². The van der Waals surface area contributed by atoms with Crippen molar-refractivity contribution in [3.8, 4) is 16.9 Å². The SMILES string of the molecule is CC(C)(C)c1cc(-c2ccccc2C(=O)OCCS)cc(C(C)(C)C)c1O. The monoisotopic (exact) mass is 386 g/mol. The highest BCUT2D eigenvalue weighted by Gasteiger charge is 2.27. The second-order valence-electron chi connectivity index (χ2n) is 8.83. The topological polar surface area (TPSA) is 46.5 Å². The van der Waals surface area contributed by atoms with E-state index in [0.29, 0.717) is 17.1 Å². The second-order valence-corrected chi connectivity index (χ2v) is 9.27. The molecule has 0 unspecified atom stereocenters. The van der Waals surface area contributed by atoms with Crippen LogP contribution in [0.4, 0.5) is 0 Å². The maximum absolute atomic E-state index is 12.5. The summed E-state index contributed by atoms with van der Waals surface area (Å²) in [5, 5.41) is 10.9. The van der Waals surface area contributed by atoms with Crippen LogP contribution in [0.2, 0.25) is 0 Å². The van der Waals surface area contributed by atoms with Crippen molar-refractivity contribution < 1.29 is 14.6 Å². The Morgan fingerprint density at radius 3 is 2.00 bits per heavy atom. The molecule has 0 aromatic heterocycles. The van der Waals surface area contributed by atoms with Gasteiger partial charge in [0.05, 0.1) is 5.56 Å². The fraction of sp³-hybridized carbons (Fsp3) is 0.435. The van der Waals surface area contributed by atoms with E-state index in [2.05, 4.69) is 54.2 Å². The highest BCUT2D eigenvalue weighted by atomic mass is 32.1. The smallest absolute Gasteiger partial charge is 0.338 e. The Hall–Kier alpha value is -1.94. The van der Waals surface area contributed by atoms with Gasteiger partial charge >= 0.3 is 5.97 Å². The Labute approximate surface area is 168 Å². The molecule has 0 aliphatic carbocycles. The quantitative estimate of drug-likeness (QED) is 0.520. The largest absolute Gasteiger partial charge is 0.507 e. The number of carbonyl (C=O) groups excluding carboxylic acids is 1. The van der Waals surface area contributed by atoms with E-state index in [-0.39, 0.29) is 23.4 Å². The minimum absolute atomic E-state index is 0.235. The van der Waals surface area contributed by atoms with Gasteiger partial charge in [-0.3, -0.25) is 0 Å². The lowest BCUT2D eigenvalue weighted by Gasteiger charge is -2.28. The average Bonchev–Trinajstić information content (AvgIpc) is 2.57.